The molecule has 2 N–H and O–H groups in total. The van der Waals surface area contributed by atoms with Crippen molar-refractivity contribution in [2.24, 2.45) is 0 Å². The van der Waals surface area contributed by atoms with Gasteiger partial charge in [-0.2, -0.15) is 0 Å². The number of H-pyrrole nitrogens is 2. The normalized spacial score (nSPS) is 12.7. The Morgan fingerprint density at radius 2 is 1.11 bits per heavy atom. The number of nitrogens with zero attached hydrogens (tertiary/aromatic N) is 2. The van der Waals surface area contributed by atoms with Crippen molar-refractivity contribution < 1.29 is 28.5 Å². The zero-order chi connectivity index (χ0) is 33.8. The fraction of sp³-hybridized carbons (Fsp3) is 0.351. The summed E-state index contributed by atoms with van der Waals surface area (Å²) in [6.45, 7) is 14.7. The molecule has 2 atom stereocenters. The highest BCUT2D eigenvalue weighted by Crippen LogP contribution is 2.36. The number of aromatic amines is 2. The van der Waals surface area contributed by atoms with Gasteiger partial charge in [0.05, 0.1) is 48.8 Å². The van der Waals surface area contributed by atoms with Gasteiger partial charge >= 0.3 is 11.9 Å². The molecule has 0 aliphatic heterocycles. The number of fused-ring (bicyclic) bond motifs is 6. The number of methoxy groups -OCH3 is 1. The first-order valence-electron chi connectivity index (χ1n) is 15.9. The topological polar surface area (TPSA) is 128 Å². The minimum atomic E-state index is -0.390. The van der Waals surface area contributed by atoms with Crippen molar-refractivity contribution in [2.75, 3.05) is 26.9 Å². The number of ether oxygens (including phenoxy) is 4. The predicted octanol–water partition coefficient (Wildman–Crippen LogP) is 8.21. The third-order valence-corrected chi connectivity index (χ3v) is 8.46. The Bertz CT molecular complexity index is 2080. The van der Waals surface area contributed by atoms with E-state index in [2.05, 4.69) is 26.0 Å². The number of rotatable bonds is 9. The largest absolute Gasteiger partial charge is 0.461 e. The number of esters is 2. The third kappa shape index (κ3) is 6.31. The van der Waals surface area contributed by atoms with Crippen LogP contribution in [0.2, 0.25) is 0 Å². The predicted molar refractivity (Wildman–Crippen MR) is 184 cm³/mol. The molecule has 4 aromatic heterocycles. The second kappa shape index (κ2) is 14.3. The van der Waals surface area contributed by atoms with E-state index in [9.17, 15) is 9.59 Å². The first-order chi connectivity index (χ1) is 22.7. The second-order valence-electron chi connectivity index (χ2n) is 11.2. The Balaban J connectivity index is 0.000000185. The minimum Gasteiger partial charge on any atom is -0.461 e. The fourth-order valence-electron chi connectivity index (χ4n) is 6.21. The number of nitrogens with one attached hydrogen (secondary N) is 2. The van der Waals surface area contributed by atoms with Crippen LogP contribution in [0, 0.1) is 13.8 Å². The highest BCUT2D eigenvalue weighted by molar-refractivity contribution is 6.13. The summed E-state index contributed by atoms with van der Waals surface area (Å²) in [6.07, 6.45) is 3.31. The Morgan fingerprint density at radius 1 is 0.660 bits per heavy atom. The number of benzene rings is 2. The number of carbonyl (C=O) groups is 2. The van der Waals surface area contributed by atoms with E-state index < -0.39 is 5.97 Å². The van der Waals surface area contributed by atoms with Crippen molar-refractivity contribution in [1.29, 1.82) is 0 Å². The van der Waals surface area contributed by atoms with Crippen LogP contribution in [-0.2, 0) is 18.9 Å². The van der Waals surface area contributed by atoms with Crippen LogP contribution in [0.3, 0.4) is 0 Å². The van der Waals surface area contributed by atoms with Crippen molar-refractivity contribution >= 4 is 55.6 Å². The maximum Gasteiger partial charge on any atom is 0.357 e. The lowest BCUT2D eigenvalue weighted by Gasteiger charge is -2.14. The van der Waals surface area contributed by atoms with Crippen LogP contribution >= 0.6 is 0 Å². The zero-order valence-corrected chi connectivity index (χ0v) is 28.2. The van der Waals surface area contributed by atoms with Crippen LogP contribution in [0.15, 0.2) is 48.8 Å². The summed E-state index contributed by atoms with van der Waals surface area (Å²) in [7, 11) is 1.69. The van der Waals surface area contributed by atoms with Gasteiger partial charge in [0.25, 0.3) is 0 Å². The maximum absolute atomic E-state index is 12.2. The van der Waals surface area contributed by atoms with Gasteiger partial charge in [0.15, 0.2) is 11.4 Å². The van der Waals surface area contributed by atoms with E-state index in [4.69, 9.17) is 18.9 Å². The summed E-state index contributed by atoms with van der Waals surface area (Å²) in [5.41, 5.74) is 8.39. The number of hydrogen-bond donors (Lipinski definition) is 2. The summed E-state index contributed by atoms with van der Waals surface area (Å²) >= 11 is 0. The number of aryl methyl sites for hydroxylation is 2. The summed E-state index contributed by atoms with van der Waals surface area (Å²) in [5.74, 6) is -0.778. The average molecular weight is 639 g/mol. The van der Waals surface area contributed by atoms with Gasteiger partial charge in [-0.1, -0.05) is 24.3 Å². The van der Waals surface area contributed by atoms with Crippen LogP contribution in [0.1, 0.15) is 90.1 Å². The Morgan fingerprint density at radius 3 is 1.51 bits per heavy atom. The van der Waals surface area contributed by atoms with Crippen LogP contribution in [-0.4, -0.2) is 58.8 Å². The van der Waals surface area contributed by atoms with E-state index >= 15 is 0 Å². The molecule has 2 aromatic carbocycles. The van der Waals surface area contributed by atoms with Crippen LogP contribution in [0.4, 0.5) is 0 Å². The Hall–Kier alpha value is -4.80. The lowest BCUT2D eigenvalue weighted by molar-refractivity contribution is 0.0509. The maximum atomic E-state index is 12.2. The molecular weight excluding hydrogens is 596 g/mol. The first-order valence-corrected chi connectivity index (χ1v) is 15.9. The quantitative estimate of drug-likeness (QED) is 0.152. The number of hydrogen-bond acceptors (Lipinski definition) is 8. The van der Waals surface area contributed by atoms with E-state index in [0.29, 0.717) is 31.2 Å². The molecule has 4 heterocycles. The molecule has 2 unspecified atom stereocenters. The molecule has 246 valence electrons. The zero-order valence-electron chi connectivity index (χ0n) is 28.2. The second-order valence-corrected chi connectivity index (χ2v) is 11.2. The summed E-state index contributed by atoms with van der Waals surface area (Å²) in [6, 6.07) is 12.2. The molecule has 0 bridgehead atoms. The highest BCUT2D eigenvalue weighted by Gasteiger charge is 2.22. The lowest BCUT2D eigenvalue weighted by Crippen LogP contribution is -2.09. The summed E-state index contributed by atoms with van der Waals surface area (Å²) in [4.78, 5) is 39.6. The van der Waals surface area contributed by atoms with E-state index in [-0.39, 0.29) is 18.2 Å². The third-order valence-electron chi connectivity index (χ3n) is 8.46. The standard InChI is InChI=1S/C19H22N2O3.C18H20N2O3/c1-5-23-12(4)13-8-7-9-14-17(13)16-11(3)18(19(22)24-6-2)20-10-15(16)21-14;1-5-23-18(21)17-10(2)15-14(9-19-17)20-13-8-6-7-12(16(13)15)11(3)22-4/h7-10,12,21H,5-6H2,1-4H3;6-9,11,20H,5H2,1-4H3. The monoisotopic (exact) mass is 638 g/mol. The van der Waals surface area contributed by atoms with E-state index in [1.54, 1.807) is 33.4 Å². The molecule has 0 saturated heterocycles. The molecule has 6 rings (SSSR count). The molecule has 0 fully saturated rings. The molecule has 0 aliphatic rings. The molecule has 0 saturated carbocycles. The summed E-state index contributed by atoms with van der Waals surface area (Å²) in [5, 5.41) is 4.16. The number of pyridine rings is 2. The molecule has 6 aromatic rings. The van der Waals surface area contributed by atoms with Crippen molar-refractivity contribution in [1.82, 2.24) is 19.9 Å². The molecule has 0 aliphatic carbocycles. The molecular formula is C37H42N4O6. The fourth-order valence-corrected chi connectivity index (χ4v) is 6.21. The molecule has 0 radical (unpaired) electrons. The first kappa shape index (κ1) is 33.6. The summed E-state index contributed by atoms with van der Waals surface area (Å²) < 4.78 is 21.5. The van der Waals surface area contributed by atoms with Gasteiger partial charge in [-0.05, 0) is 82.9 Å². The van der Waals surface area contributed by atoms with E-state index in [1.807, 2.05) is 65.0 Å². The van der Waals surface area contributed by atoms with Crippen molar-refractivity contribution in [3.8, 4) is 0 Å². The molecule has 0 amide bonds. The van der Waals surface area contributed by atoms with Crippen molar-refractivity contribution in [3.63, 3.8) is 0 Å². The van der Waals surface area contributed by atoms with Gasteiger partial charge in [-0.25, -0.2) is 19.6 Å². The van der Waals surface area contributed by atoms with Gasteiger partial charge in [-0.3, -0.25) is 0 Å². The van der Waals surface area contributed by atoms with Gasteiger partial charge in [0, 0.05) is 46.3 Å². The lowest BCUT2D eigenvalue weighted by atomic mass is 10.00. The number of carbonyl (C=O) groups excluding carboxylic acids is 2. The van der Waals surface area contributed by atoms with Gasteiger partial charge in [0.2, 0.25) is 0 Å². The SMILES string of the molecule is CCOC(=O)c1ncc2[nH]c3cccc(C(C)OC)c3c2c1C.CCOC(=O)c1ncc2[nH]c3cccc(C(C)OCC)c3c2c1C. The number of aromatic nitrogens is 4. The van der Waals surface area contributed by atoms with Crippen LogP contribution in [0.5, 0.6) is 0 Å². The van der Waals surface area contributed by atoms with Gasteiger partial charge < -0.3 is 28.9 Å². The van der Waals surface area contributed by atoms with Crippen LogP contribution < -0.4 is 0 Å². The van der Waals surface area contributed by atoms with Gasteiger partial charge in [-0.15, -0.1) is 0 Å². The van der Waals surface area contributed by atoms with Gasteiger partial charge in [0.1, 0.15) is 0 Å². The molecule has 47 heavy (non-hydrogen) atoms. The Labute approximate surface area is 273 Å². The van der Waals surface area contributed by atoms with Crippen molar-refractivity contribution in [3.05, 3.63) is 82.4 Å². The van der Waals surface area contributed by atoms with Crippen LogP contribution in [0.25, 0.3) is 43.6 Å². The van der Waals surface area contributed by atoms with Crippen molar-refractivity contribution in [2.45, 2.75) is 60.7 Å². The molecule has 10 nitrogen and oxygen atoms in total. The minimum absolute atomic E-state index is 0.0312. The smallest absolute Gasteiger partial charge is 0.357 e. The Kier molecular flexibility index (Phi) is 10.2. The molecule has 0 spiro atoms. The highest BCUT2D eigenvalue weighted by atomic mass is 16.5. The van der Waals surface area contributed by atoms with E-state index in [0.717, 1.165) is 65.9 Å². The van der Waals surface area contributed by atoms with E-state index in [1.165, 1.54) is 0 Å². The molecule has 10 heteroatoms. The average Bonchev–Trinajstić information content (AvgIpc) is 3.64.